The Kier molecular flexibility index (Phi) is 3.11. The van der Waals surface area contributed by atoms with Crippen molar-refractivity contribution in [3.63, 3.8) is 0 Å². The lowest BCUT2D eigenvalue weighted by molar-refractivity contribution is 0.0985. The zero-order chi connectivity index (χ0) is 14.4. The van der Waals surface area contributed by atoms with Crippen molar-refractivity contribution < 1.29 is 4.79 Å². The predicted molar refractivity (Wildman–Crippen MR) is 87.4 cm³/mol. The van der Waals surface area contributed by atoms with Crippen LogP contribution in [0.1, 0.15) is 45.4 Å². The summed E-state index contributed by atoms with van der Waals surface area (Å²) in [6.45, 7) is 2.14. The summed E-state index contributed by atoms with van der Waals surface area (Å²) >= 11 is 1.72. The van der Waals surface area contributed by atoms with Crippen molar-refractivity contribution in [3.8, 4) is 0 Å². The molecule has 2 heterocycles. The highest BCUT2D eigenvalue weighted by molar-refractivity contribution is 7.14. The van der Waals surface area contributed by atoms with Crippen LogP contribution in [0.15, 0.2) is 30.3 Å². The Balaban J connectivity index is 1.70. The molecule has 0 saturated carbocycles. The number of thiophene rings is 1. The molecule has 2 aromatic rings. The standard InChI is InChI=1S/C18H19NOS/c1-12-10-13-6-2-4-8-15(13)19(12)18(20)17-11-14-7-3-5-9-16(14)21-17/h2,4,6,8,11-12H,3,5,7,9-10H2,1H3/t12-/m0/s1. The fourth-order valence-corrected chi connectivity index (χ4v) is 4.78. The molecule has 1 aromatic heterocycles. The molecule has 3 heteroatoms. The van der Waals surface area contributed by atoms with Gasteiger partial charge >= 0.3 is 0 Å². The van der Waals surface area contributed by atoms with Gasteiger partial charge in [0.2, 0.25) is 0 Å². The van der Waals surface area contributed by atoms with Gasteiger partial charge in [-0.05, 0) is 62.3 Å². The fourth-order valence-electron chi connectivity index (χ4n) is 3.59. The van der Waals surface area contributed by atoms with E-state index in [2.05, 4.69) is 31.2 Å². The summed E-state index contributed by atoms with van der Waals surface area (Å²) < 4.78 is 0. The van der Waals surface area contributed by atoms with E-state index in [-0.39, 0.29) is 11.9 Å². The van der Waals surface area contributed by atoms with Crippen LogP contribution in [-0.2, 0) is 19.3 Å². The molecule has 0 radical (unpaired) electrons. The van der Waals surface area contributed by atoms with Crippen molar-refractivity contribution in [3.05, 3.63) is 51.2 Å². The molecule has 0 N–H and O–H groups in total. The second-order valence-corrected chi connectivity index (χ2v) is 7.26. The van der Waals surface area contributed by atoms with E-state index in [4.69, 9.17) is 0 Å². The van der Waals surface area contributed by atoms with E-state index in [9.17, 15) is 4.79 Å². The third-order valence-corrected chi connectivity index (χ3v) is 5.86. The molecule has 1 atom stereocenters. The molecule has 0 fully saturated rings. The Morgan fingerprint density at radius 1 is 1.19 bits per heavy atom. The maximum absolute atomic E-state index is 13.0. The molecule has 2 aliphatic rings. The van der Waals surface area contributed by atoms with Crippen molar-refractivity contribution in [1.29, 1.82) is 0 Å². The van der Waals surface area contributed by atoms with Gasteiger partial charge in [-0.15, -0.1) is 11.3 Å². The SMILES string of the molecule is C[C@H]1Cc2ccccc2N1C(=O)c1cc2c(s1)CCCC2. The first-order chi connectivity index (χ1) is 10.2. The molecule has 1 amide bonds. The van der Waals surface area contributed by atoms with Crippen LogP contribution in [0.4, 0.5) is 5.69 Å². The first-order valence-corrected chi connectivity index (χ1v) is 8.59. The van der Waals surface area contributed by atoms with Crippen LogP contribution in [0, 0.1) is 0 Å². The van der Waals surface area contributed by atoms with Crippen LogP contribution in [0.5, 0.6) is 0 Å². The minimum absolute atomic E-state index is 0.187. The van der Waals surface area contributed by atoms with E-state index < -0.39 is 0 Å². The van der Waals surface area contributed by atoms with Gasteiger partial charge in [0.1, 0.15) is 0 Å². The second-order valence-electron chi connectivity index (χ2n) is 6.12. The number of carbonyl (C=O) groups excluding carboxylic acids is 1. The average molecular weight is 297 g/mol. The number of nitrogens with zero attached hydrogens (tertiary/aromatic N) is 1. The fraction of sp³-hybridized carbons (Fsp3) is 0.389. The number of amides is 1. The normalized spacial score (nSPS) is 20.2. The number of hydrogen-bond acceptors (Lipinski definition) is 2. The van der Waals surface area contributed by atoms with Gasteiger partial charge in [0.15, 0.2) is 0 Å². The topological polar surface area (TPSA) is 20.3 Å². The Labute approximate surface area is 129 Å². The quantitative estimate of drug-likeness (QED) is 0.772. The Bertz CT molecular complexity index is 679. The second kappa shape index (κ2) is 4.99. The van der Waals surface area contributed by atoms with Gasteiger partial charge in [0.25, 0.3) is 5.91 Å². The van der Waals surface area contributed by atoms with E-state index in [1.165, 1.54) is 28.8 Å². The lowest BCUT2D eigenvalue weighted by atomic mass is 9.99. The molecule has 1 aliphatic carbocycles. The highest BCUT2D eigenvalue weighted by Gasteiger charge is 2.32. The van der Waals surface area contributed by atoms with Gasteiger partial charge in [-0.25, -0.2) is 0 Å². The number of hydrogen-bond donors (Lipinski definition) is 0. The summed E-state index contributed by atoms with van der Waals surface area (Å²) in [4.78, 5) is 17.3. The third kappa shape index (κ3) is 2.11. The molecule has 4 rings (SSSR count). The van der Waals surface area contributed by atoms with Crippen molar-refractivity contribution in [1.82, 2.24) is 0 Å². The molecule has 0 spiro atoms. The molecule has 21 heavy (non-hydrogen) atoms. The van der Waals surface area contributed by atoms with E-state index >= 15 is 0 Å². The molecule has 1 aromatic carbocycles. The minimum Gasteiger partial charge on any atom is -0.304 e. The Morgan fingerprint density at radius 3 is 2.86 bits per heavy atom. The first-order valence-electron chi connectivity index (χ1n) is 7.77. The van der Waals surface area contributed by atoms with Crippen LogP contribution in [0.25, 0.3) is 0 Å². The largest absolute Gasteiger partial charge is 0.304 e. The molecule has 2 nitrogen and oxygen atoms in total. The van der Waals surface area contributed by atoms with E-state index in [1.54, 1.807) is 11.3 Å². The number of fused-ring (bicyclic) bond motifs is 2. The number of benzene rings is 1. The highest BCUT2D eigenvalue weighted by atomic mass is 32.1. The monoisotopic (exact) mass is 297 g/mol. The highest BCUT2D eigenvalue weighted by Crippen LogP contribution is 2.36. The van der Waals surface area contributed by atoms with Crippen LogP contribution in [0.2, 0.25) is 0 Å². The van der Waals surface area contributed by atoms with Crippen molar-refractivity contribution in [2.75, 3.05) is 4.90 Å². The molecule has 108 valence electrons. The van der Waals surface area contributed by atoms with E-state index in [0.29, 0.717) is 0 Å². The Hall–Kier alpha value is -1.61. The van der Waals surface area contributed by atoms with Crippen LogP contribution in [0.3, 0.4) is 0 Å². The van der Waals surface area contributed by atoms with E-state index in [1.807, 2.05) is 11.0 Å². The van der Waals surface area contributed by atoms with Crippen LogP contribution >= 0.6 is 11.3 Å². The van der Waals surface area contributed by atoms with Crippen LogP contribution in [-0.4, -0.2) is 11.9 Å². The Morgan fingerprint density at radius 2 is 2.00 bits per heavy atom. The molecule has 0 unspecified atom stereocenters. The predicted octanol–water partition coefficient (Wildman–Crippen LogP) is 4.22. The minimum atomic E-state index is 0.187. The zero-order valence-corrected chi connectivity index (χ0v) is 13.1. The van der Waals surface area contributed by atoms with Gasteiger partial charge < -0.3 is 4.90 Å². The number of para-hydroxylation sites is 1. The van der Waals surface area contributed by atoms with Gasteiger partial charge in [0, 0.05) is 16.6 Å². The van der Waals surface area contributed by atoms with Gasteiger partial charge in [0.05, 0.1) is 4.88 Å². The van der Waals surface area contributed by atoms with Gasteiger partial charge in [-0.1, -0.05) is 18.2 Å². The number of carbonyl (C=O) groups is 1. The summed E-state index contributed by atoms with van der Waals surface area (Å²) in [5, 5.41) is 0. The zero-order valence-electron chi connectivity index (χ0n) is 12.3. The summed E-state index contributed by atoms with van der Waals surface area (Å²) in [6.07, 6.45) is 5.79. The summed E-state index contributed by atoms with van der Waals surface area (Å²) in [5.74, 6) is 0.187. The smallest absolute Gasteiger partial charge is 0.268 e. The molecular formula is C18H19NOS. The third-order valence-electron chi connectivity index (χ3n) is 4.63. The first kappa shape index (κ1) is 13.1. The molecule has 0 saturated heterocycles. The van der Waals surface area contributed by atoms with Crippen molar-refractivity contribution in [2.24, 2.45) is 0 Å². The maximum atomic E-state index is 13.0. The lowest BCUT2D eigenvalue weighted by Crippen LogP contribution is -2.35. The van der Waals surface area contributed by atoms with Gasteiger partial charge in [-0.2, -0.15) is 0 Å². The van der Waals surface area contributed by atoms with Crippen molar-refractivity contribution >= 4 is 22.9 Å². The van der Waals surface area contributed by atoms with E-state index in [0.717, 1.165) is 29.8 Å². The average Bonchev–Trinajstić information content (AvgIpc) is 3.06. The molecule has 0 bridgehead atoms. The number of aryl methyl sites for hydroxylation is 2. The summed E-state index contributed by atoms with van der Waals surface area (Å²) in [5.41, 5.74) is 3.80. The summed E-state index contributed by atoms with van der Waals surface area (Å²) in [7, 11) is 0. The maximum Gasteiger partial charge on any atom is 0.268 e. The van der Waals surface area contributed by atoms with Gasteiger partial charge in [-0.3, -0.25) is 4.79 Å². The number of rotatable bonds is 1. The molecular weight excluding hydrogens is 278 g/mol. The van der Waals surface area contributed by atoms with Crippen LogP contribution < -0.4 is 4.90 Å². The van der Waals surface area contributed by atoms with Crippen molar-refractivity contribution in [2.45, 2.75) is 45.1 Å². The summed E-state index contributed by atoms with van der Waals surface area (Å²) in [6, 6.07) is 10.7. The lowest BCUT2D eigenvalue weighted by Gasteiger charge is -2.21. The molecule has 1 aliphatic heterocycles. The number of anilines is 1.